The lowest BCUT2D eigenvalue weighted by Gasteiger charge is -2.05. The standard InChI is InChI=1S/C12H15/c1-4-5-8-12-9-6-7-10(2)11(12)3/h4-7,9H,1,8H2,2-3H3. The van der Waals surface area contributed by atoms with Gasteiger partial charge in [-0.15, -0.1) is 0 Å². The Bertz CT molecular complexity index is 282. The lowest BCUT2D eigenvalue weighted by atomic mass is 10.0. The zero-order chi connectivity index (χ0) is 8.97. The van der Waals surface area contributed by atoms with E-state index in [1.165, 1.54) is 16.7 Å². The third-order valence-electron chi connectivity index (χ3n) is 2.22. The highest BCUT2D eigenvalue weighted by molar-refractivity contribution is 5.34. The van der Waals surface area contributed by atoms with Gasteiger partial charge < -0.3 is 0 Å². The second-order valence-electron chi connectivity index (χ2n) is 3.03. The highest BCUT2D eigenvalue weighted by Gasteiger charge is 1.96. The molecule has 0 aliphatic carbocycles. The number of hydrogen-bond donors (Lipinski definition) is 0. The summed E-state index contributed by atoms with van der Waals surface area (Å²) < 4.78 is 0. The lowest BCUT2D eigenvalue weighted by Crippen LogP contribution is -1.89. The molecule has 0 unspecified atom stereocenters. The molecule has 0 aliphatic heterocycles. The van der Waals surface area contributed by atoms with Crippen molar-refractivity contribution < 1.29 is 0 Å². The molecule has 0 heterocycles. The first-order valence-corrected chi connectivity index (χ1v) is 4.25. The van der Waals surface area contributed by atoms with Crippen LogP contribution in [-0.2, 0) is 6.42 Å². The van der Waals surface area contributed by atoms with Gasteiger partial charge in [0.1, 0.15) is 0 Å². The normalized spacial score (nSPS) is 10.9. The second-order valence-corrected chi connectivity index (χ2v) is 3.03. The highest BCUT2D eigenvalue weighted by Crippen LogP contribution is 2.13. The van der Waals surface area contributed by atoms with Crippen molar-refractivity contribution in [3.63, 3.8) is 0 Å². The predicted octanol–water partition coefficient (Wildman–Crippen LogP) is 3.24. The van der Waals surface area contributed by atoms with Crippen molar-refractivity contribution >= 4 is 0 Å². The van der Waals surface area contributed by atoms with Crippen molar-refractivity contribution in [3.8, 4) is 0 Å². The molecule has 1 radical (unpaired) electrons. The van der Waals surface area contributed by atoms with E-state index in [-0.39, 0.29) is 0 Å². The minimum absolute atomic E-state index is 0.997. The van der Waals surface area contributed by atoms with E-state index in [0.29, 0.717) is 0 Å². The molecular formula is C12H15. The quantitative estimate of drug-likeness (QED) is 0.621. The Hall–Kier alpha value is -1.04. The molecule has 1 rings (SSSR count). The van der Waals surface area contributed by atoms with Gasteiger partial charge in [-0.3, -0.25) is 0 Å². The number of rotatable bonds is 2. The summed E-state index contributed by atoms with van der Waals surface area (Å²) in [6, 6.07) is 6.42. The number of allylic oxidation sites excluding steroid dienone is 2. The average molecular weight is 159 g/mol. The molecule has 0 aliphatic rings. The predicted molar refractivity (Wildman–Crippen MR) is 54.1 cm³/mol. The van der Waals surface area contributed by atoms with Gasteiger partial charge in [0.25, 0.3) is 0 Å². The Morgan fingerprint density at radius 3 is 2.75 bits per heavy atom. The van der Waals surface area contributed by atoms with Crippen LogP contribution in [-0.4, -0.2) is 0 Å². The first-order valence-electron chi connectivity index (χ1n) is 4.25. The maximum atomic E-state index is 3.67. The first kappa shape index (κ1) is 9.05. The SMILES string of the molecule is [CH2]C=CCc1cccc(C)c1C. The van der Waals surface area contributed by atoms with E-state index in [1.807, 2.05) is 6.08 Å². The summed E-state index contributed by atoms with van der Waals surface area (Å²) in [7, 11) is 0. The van der Waals surface area contributed by atoms with Crippen LogP contribution in [0.25, 0.3) is 0 Å². The topological polar surface area (TPSA) is 0 Å². The summed E-state index contributed by atoms with van der Waals surface area (Å²) in [5.41, 5.74) is 4.16. The summed E-state index contributed by atoms with van der Waals surface area (Å²) in [5, 5.41) is 0. The van der Waals surface area contributed by atoms with Crippen LogP contribution in [0.3, 0.4) is 0 Å². The van der Waals surface area contributed by atoms with Crippen LogP contribution < -0.4 is 0 Å². The van der Waals surface area contributed by atoms with Crippen molar-refractivity contribution in [2.24, 2.45) is 0 Å². The fraction of sp³-hybridized carbons (Fsp3) is 0.250. The fourth-order valence-corrected chi connectivity index (χ4v) is 1.24. The molecule has 0 fully saturated rings. The molecule has 12 heavy (non-hydrogen) atoms. The van der Waals surface area contributed by atoms with Crippen LogP contribution in [0.5, 0.6) is 0 Å². The molecule has 0 saturated carbocycles. The molecule has 1 aromatic carbocycles. The molecular weight excluding hydrogens is 144 g/mol. The third-order valence-corrected chi connectivity index (χ3v) is 2.22. The van der Waals surface area contributed by atoms with Crippen LogP contribution in [0, 0.1) is 20.8 Å². The van der Waals surface area contributed by atoms with Crippen molar-refractivity contribution in [1.29, 1.82) is 0 Å². The maximum absolute atomic E-state index is 3.67. The van der Waals surface area contributed by atoms with Crippen LogP contribution >= 0.6 is 0 Å². The Morgan fingerprint density at radius 1 is 1.33 bits per heavy atom. The summed E-state index contributed by atoms with van der Waals surface area (Å²) in [6.45, 7) is 7.99. The number of hydrogen-bond acceptors (Lipinski definition) is 0. The second kappa shape index (κ2) is 4.10. The van der Waals surface area contributed by atoms with Gasteiger partial charge in [-0.2, -0.15) is 0 Å². The molecule has 0 amide bonds. The van der Waals surface area contributed by atoms with E-state index in [2.05, 4.69) is 45.0 Å². The smallest absolute Gasteiger partial charge is 0.00947 e. The molecule has 0 heteroatoms. The van der Waals surface area contributed by atoms with E-state index in [0.717, 1.165) is 6.42 Å². The van der Waals surface area contributed by atoms with Gasteiger partial charge in [-0.05, 0) is 43.9 Å². The third kappa shape index (κ3) is 1.97. The molecule has 0 nitrogen and oxygen atoms in total. The summed E-state index contributed by atoms with van der Waals surface area (Å²) >= 11 is 0. The Kier molecular flexibility index (Phi) is 3.09. The first-order chi connectivity index (χ1) is 5.75. The zero-order valence-electron chi connectivity index (χ0n) is 7.80. The van der Waals surface area contributed by atoms with Crippen molar-refractivity contribution in [2.45, 2.75) is 20.3 Å². The van der Waals surface area contributed by atoms with E-state index in [1.54, 1.807) is 0 Å². The highest BCUT2D eigenvalue weighted by atomic mass is 14.0. The van der Waals surface area contributed by atoms with Gasteiger partial charge in [-0.1, -0.05) is 30.4 Å². The minimum atomic E-state index is 0.997. The molecule has 0 atom stereocenters. The average Bonchev–Trinajstić information content (AvgIpc) is 2.08. The lowest BCUT2D eigenvalue weighted by molar-refractivity contribution is 1.18. The van der Waals surface area contributed by atoms with Gasteiger partial charge in [-0.25, -0.2) is 0 Å². The molecule has 0 aromatic heterocycles. The van der Waals surface area contributed by atoms with Crippen LogP contribution in [0.2, 0.25) is 0 Å². The van der Waals surface area contributed by atoms with E-state index in [4.69, 9.17) is 0 Å². The summed E-state index contributed by atoms with van der Waals surface area (Å²) in [6.07, 6.45) is 4.93. The molecule has 0 saturated heterocycles. The van der Waals surface area contributed by atoms with Crippen molar-refractivity contribution in [3.05, 3.63) is 54.0 Å². The van der Waals surface area contributed by atoms with Gasteiger partial charge in [0.05, 0.1) is 0 Å². The molecule has 0 spiro atoms. The van der Waals surface area contributed by atoms with Gasteiger partial charge in [0, 0.05) is 0 Å². The molecule has 63 valence electrons. The van der Waals surface area contributed by atoms with E-state index >= 15 is 0 Å². The largest absolute Gasteiger partial charge is 0.0879 e. The van der Waals surface area contributed by atoms with E-state index < -0.39 is 0 Å². The Labute approximate surface area is 74.9 Å². The van der Waals surface area contributed by atoms with Crippen molar-refractivity contribution in [1.82, 2.24) is 0 Å². The molecule has 0 bridgehead atoms. The Balaban J connectivity index is 2.92. The summed E-state index contributed by atoms with van der Waals surface area (Å²) in [4.78, 5) is 0. The van der Waals surface area contributed by atoms with E-state index in [9.17, 15) is 0 Å². The molecule has 0 N–H and O–H groups in total. The number of aryl methyl sites for hydroxylation is 1. The summed E-state index contributed by atoms with van der Waals surface area (Å²) in [5.74, 6) is 0. The fourth-order valence-electron chi connectivity index (χ4n) is 1.24. The zero-order valence-corrected chi connectivity index (χ0v) is 7.80. The van der Waals surface area contributed by atoms with Crippen LogP contribution in [0.1, 0.15) is 16.7 Å². The van der Waals surface area contributed by atoms with Gasteiger partial charge in [0.2, 0.25) is 0 Å². The monoisotopic (exact) mass is 159 g/mol. The van der Waals surface area contributed by atoms with Gasteiger partial charge in [0.15, 0.2) is 0 Å². The number of benzene rings is 1. The van der Waals surface area contributed by atoms with Crippen LogP contribution in [0.15, 0.2) is 30.4 Å². The van der Waals surface area contributed by atoms with Crippen LogP contribution in [0.4, 0.5) is 0 Å². The maximum Gasteiger partial charge on any atom is -0.00947 e. The van der Waals surface area contributed by atoms with Crippen molar-refractivity contribution in [2.75, 3.05) is 0 Å². The molecule has 1 aromatic rings. The Morgan fingerprint density at radius 2 is 2.08 bits per heavy atom. The minimum Gasteiger partial charge on any atom is -0.0879 e. The van der Waals surface area contributed by atoms with Gasteiger partial charge >= 0.3 is 0 Å².